The van der Waals surface area contributed by atoms with E-state index in [4.69, 9.17) is 4.98 Å². The van der Waals surface area contributed by atoms with Gasteiger partial charge in [0.05, 0.1) is 0 Å². The lowest BCUT2D eigenvalue weighted by Crippen LogP contribution is -2.28. The smallest absolute Gasteiger partial charge is 0.222 e. The van der Waals surface area contributed by atoms with Crippen LogP contribution in [0.1, 0.15) is 43.5 Å². The van der Waals surface area contributed by atoms with Crippen LogP contribution in [-0.4, -0.2) is 38.4 Å². The van der Waals surface area contributed by atoms with Crippen LogP contribution in [0.25, 0.3) is 11.2 Å². The molecule has 4 rings (SSSR count). The topological polar surface area (TPSA) is 51.0 Å². The van der Waals surface area contributed by atoms with E-state index >= 15 is 0 Å². The zero-order valence-electron chi connectivity index (χ0n) is 15.8. The molecule has 0 N–H and O–H groups in total. The number of aryl methyl sites for hydroxylation is 2. The fourth-order valence-electron chi connectivity index (χ4n) is 4.04. The van der Waals surface area contributed by atoms with Crippen LogP contribution in [0, 0.1) is 0 Å². The third-order valence-electron chi connectivity index (χ3n) is 5.45. The third-order valence-corrected chi connectivity index (χ3v) is 5.45. The predicted molar refractivity (Wildman–Crippen MR) is 107 cm³/mol. The van der Waals surface area contributed by atoms with E-state index in [1.165, 1.54) is 5.56 Å². The second kappa shape index (κ2) is 7.91. The molecule has 1 aromatic carbocycles. The molecule has 1 aliphatic heterocycles. The Hall–Kier alpha value is -2.69. The van der Waals surface area contributed by atoms with Crippen molar-refractivity contribution in [1.82, 2.24) is 19.4 Å². The summed E-state index contributed by atoms with van der Waals surface area (Å²) in [7, 11) is 0. The second-order valence-electron chi connectivity index (χ2n) is 7.22. The minimum absolute atomic E-state index is 0.269. The number of hydrogen-bond acceptors (Lipinski definition) is 3. The second-order valence-corrected chi connectivity index (χ2v) is 7.22. The van der Waals surface area contributed by atoms with Crippen LogP contribution in [0.2, 0.25) is 0 Å². The number of hydrogen-bond donors (Lipinski definition) is 0. The molecule has 5 nitrogen and oxygen atoms in total. The Bertz CT molecular complexity index is 918. The molecule has 2 aromatic heterocycles. The van der Waals surface area contributed by atoms with E-state index in [1.807, 2.05) is 29.3 Å². The number of imidazole rings is 1. The summed E-state index contributed by atoms with van der Waals surface area (Å²) in [4.78, 5) is 24.0. The molecule has 3 heterocycles. The maximum atomic E-state index is 12.6. The Morgan fingerprint density at radius 2 is 2.04 bits per heavy atom. The molecule has 0 radical (unpaired) electrons. The van der Waals surface area contributed by atoms with Gasteiger partial charge in [-0.25, -0.2) is 9.97 Å². The molecule has 0 saturated carbocycles. The number of carbonyl (C=O) groups excluding carboxylic acids is 1. The summed E-state index contributed by atoms with van der Waals surface area (Å²) in [6.45, 7) is 4.58. The molecule has 1 aliphatic rings. The normalized spacial score (nSPS) is 16.9. The van der Waals surface area contributed by atoms with Crippen molar-refractivity contribution in [3.05, 3.63) is 60.0 Å². The lowest BCUT2D eigenvalue weighted by Gasteiger charge is -2.17. The van der Waals surface area contributed by atoms with Gasteiger partial charge in [-0.2, -0.15) is 0 Å². The fraction of sp³-hybridized carbons (Fsp3) is 0.409. The number of likely N-dealkylation sites (tertiary alicyclic amines) is 1. The minimum Gasteiger partial charge on any atom is -0.342 e. The molecule has 0 bridgehead atoms. The molecular weight excluding hydrogens is 336 g/mol. The molecule has 27 heavy (non-hydrogen) atoms. The van der Waals surface area contributed by atoms with Crippen molar-refractivity contribution in [1.29, 1.82) is 0 Å². The Labute approximate surface area is 160 Å². The van der Waals surface area contributed by atoms with Gasteiger partial charge < -0.3 is 9.47 Å². The van der Waals surface area contributed by atoms with Crippen LogP contribution in [0.5, 0.6) is 0 Å². The van der Waals surface area contributed by atoms with Crippen LogP contribution < -0.4 is 0 Å². The van der Waals surface area contributed by atoms with E-state index < -0.39 is 0 Å². The molecule has 0 unspecified atom stereocenters. The summed E-state index contributed by atoms with van der Waals surface area (Å²) in [5, 5.41) is 0. The SMILES string of the molecule is CCn1c([C@@H]2CCN(C(=O)CCCc3ccccc3)C2)nc2cccnc21. The molecule has 0 spiro atoms. The van der Waals surface area contributed by atoms with Gasteiger partial charge in [-0.3, -0.25) is 4.79 Å². The molecule has 1 saturated heterocycles. The first-order valence-electron chi connectivity index (χ1n) is 9.89. The first-order valence-corrected chi connectivity index (χ1v) is 9.89. The summed E-state index contributed by atoms with van der Waals surface area (Å²) in [6, 6.07) is 14.3. The molecule has 1 amide bonds. The van der Waals surface area contributed by atoms with Crippen molar-refractivity contribution < 1.29 is 4.79 Å². The Morgan fingerprint density at radius 1 is 1.19 bits per heavy atom. The largest absolute Gasteiger partial charge is 0.342 e. The Balaban J connectivity index is 1.38. The van der Waals surface area contributed by atoms with Crippen molar-refractivity contribution in [3.63, 3.8) is 0 Å². The van der Waals surface area contributed by atoms with Crippen molar-refractivity contribution in [2.45, 2.75) is 45.1 Å². The lowest BCUT2D eigenvalue weighted by atomic mass is 10.1. The first-order chi connectivity index (χ1) is 13.3. The molecular formula is C22H26N4O. The van der Waals surface area contributed by atoms with Gasteiger partial charge in [0.2, 0.25) is 5.91 Å². The number of rotatable bonds is 6. The van der Waals surface area contributed by atoms with Crippen molar-refractivity contribution in [2.24, 2.45) is 0 Å². The van der Waals surface area contributed by atoms with E-state index in [0.29, 0.717) is 12.3 Å². The molecule has 140 valence electrons. The standard InChI is InChI=1S/C22H26N4O/c1-2-26-21(24-19-11-7-14-23-22(19)26)18-13-15-25(16-18)20(27)12-6-10-17-8-4-3-5-9-17/h3-5,7-9,11,14,18H,2,6,10,12-13,15-16H2,1H3/t18-/m1/s1. The van der Waals surface area contributed by atoms with Gasteiger partial charge in [-0.15, -0.1) is 0 Å². The van der Waals surface area contributed by atoms with Crippen LogP contribution in [-0.2, 0) is 17.8 Å². The van der Waals surface area contributed by atoms with Gasteiger partial charge in [0, 0.05) is 38.2 Å². The van der Waals surface area contributed by atoms with Gasteiger partial charge in [0.1, 0.15) is 11.3 Å². The molecule has 3 aromatic rings. The van der Waals surface area contributed by atoms with Crippen LogP contribution in [0.15, 0.2) is 48.7 Å². The number of carbonyl (C=O) groups is 1. The summed E-state index contributed by atoms with van der Waals surface area (Å²) in [5.41, 5.74) is 3.19. The van der Waals surface area contributed by atoms with E-state index in [-0.39, 0.29) is 5.91 Å². The zero-order chi connectivity index (χ0) is 18.6. The highest BCUT2D eigenvalue weighted by Gasteiger charge is 2.30. The number of benzene rings is 1. The Kier molecular flexibility index (Phi) is 5.19. The van der Waals surface area contributed by atoms with E-state index in [9.17, 15) is 4.79 Å². The molecule has 0 aliphatic carbocycles. The first kappa shape index (κ1) is 17.7. The Morgan fingerprint density at radius 3 is 2.85 bits per heavy atom. The van der Waals surface area contributed by atoms with Gasteiger partial charge in [0.15, 0.2) is 5.65 Å². The van der Waals surface area contributed by atoms with Crippen LogP contribution in [0.3, 0.4) is 0 Å². The highest BCUT2D eigenvalue weighted by atomic mass is 16.2. The fourth-order valence-corrected chi connectivity index (χ4v) is 4.04. The van der Waals surface area contributed by atoms with E-state index in [1.54, 1.807) is 0 Å². The van der Waals surface area contributed by atoms with Gasteiger partial charge >= 0.3 is 0 Å². The minimum atomic E-state index is 0.269. The number of amides is 1. The number of fused-ring (bicyclic) bond motifs is 1. The average molecular weight is 362 g/mol. The number of aromatic nitrogens is 3. The maximum absolute atomic E-state index is 12.6. The van der Waals surface area contributed by atoms with Gasteiger partial charge in [-0.05, 0) is 43.9 Å². The third kappa shape index (κ3) is 3.72. The monoisotopic (exact) mass is 362 g/mol. The molecule has 1 atom stereocenters. The van der Waals surface area contributed by atoms with E-state index in [0.717, 1.165) is 55.9 Å². The summed E-state index contributed by atoms with van der Waals surface area (Å²) >= 11 is 0. The van der Waals surface area contributed by atoms with Crippen LogP contribution >= 0.6 is 0 Å². The zero-order valence-corrected chi connectivity index (χ0v) is 15.8. The van der Waals surface area contributed by atoms with Crippen molar-refractivity contribution in [3.8, 4) is 0 Å². The van der Waals surface area contributed by atoms with Crippen molar-refractivity contribution in [2.75, 3.05) is 13.1 Å². The number of nitrogens with zero attached hydrogens (tertiary/aromatic N) is 4. The molecule has 5 heteroatoms. The quantitative estimate of drug-likeness (QED) is 0.670. The van der Waals surface area contributed by atoms with Gasteiger partial charge in [-0.1, -0.05) is 30.3 Å². The average Bonchev–Trinajstić information content (AvgIpc) is 3.33. The number of pyridine rings is 1. The lowest BCUT2D eigenvalue weighted by molar-refractivity contribution is -0.130. The maximum Gasteiger partial charge on any atom is 0.222 e. The summed E-state index contributed by atoms with van der Waals surface area (Å²) in [6.07, 6.45) is 5.28. The van der Waals surface area contributed by atoms with Gasteiger partial charge in [0.25, 0.3) is 0 Å². The van der Waals surface area contributed by atoms with E-state index in [2.05, 4.69) is 40.7 Å². The van der Waals surface area contributed by atoms with Crippen LogP contribution in [0.4, 0.5) is 0 Å². The molecule has 1 fully saturated rings. The highest BCUT2D eigenvalue weighted by molar-refractivity contribution is 5.76. The van der Waals surface area contributed by atoms with Crippen molar-refractivity contribution >= 4 is 17.1 Å². The predicted octanol–water partition coefficient (Wildman–Crippen LogP) is 3.79. The summed E-state index contributed by atoms with van der Waals surface area (Å²) in [5.74, 6) is 1.65. The summed E-state index contributed by atoms with van der Waals surface area (Å²) < 4.78 is 2.20. The highest BCUT2D eigenvalue weighted by Crippen LogP contribution is 2.29.